The first-order chi connectivity index (χ1) is 8.88. The first-order valence-electron chi connectivity index (χ1n) is 4.79. The molecule has 7 nitrogen and oxygen atoms in total. The summed E-state index contributed by atoms with van der Waals surface area (Å²) < 4.78 is 26.1. The molecular formula is C9H6Cl2N4O3S. The van der Waals surface area contributed by atoms with Gasteiger partial charge in [-0.3, -0.25) is 9.52 Å². The van der Waals surface area contributed by atoms with E-state index in [0.29, 0.717) is 0 Å². The normalized spacial score (nSPS) is 11.3. The van der Waals surface area contributed by atoms with E-state index in [0.717, 1.165) is 12.3 Å². The maximum atomic E-state index is 12.0. The highest BCUT2D eigenvalue weighted by atomic mass is 35.5. The van der Waals surface area contributed by atoms with E-state index in [1.165, 1.54) is 12.1 Å². The Morgan fingerprint density at radius 2 is 1.95 bits per heavy atom. The van der Waals surface area contributed by atoms with Gasteiger partial charge in [0.25, 0.3) is 15.6 Å². The van der Waals surface area contributed by atoms with Crippen molar-refractivity contribution >= 4 is 39.0 Å². The van der Waals surface area contributed by atoms with Crippen molar-refractivity contribution < 1.29 is 8.42 Å². The molecule has 0 aliphatic carbocycles. The highest BCUT2D eigenvalue weighted by Gasteiger charge is 2.16. The predicted octanol–water partition coefficient (Wildman–Crippen LogP) is 1.27. The third-order valence-corrected chi connectivity index (χ3v) is 3.83. The van der Waals surface area contributed by atoms with E-state index in [1.54, 1.807) is 0 Å². The highest BCUT2D eigenvalue weighted by Crippen LogP contribution is 2.15. The predicted molar refractivity (Wildman–Crippen MR) is 69.9 cm³/mol. The standard InChI is InChI=1S/C9H6Cl2N4O3S/c10-6-3-5(4-12-9(6)16)19(17,18)15-8-2-1-7(11)13-14-8/h1-4H,(H,12,16)(H,14,15). The number of nitrogens with zero attached hydrogens (tertiary/aromatic N) is 2. The fraction of sp³-hybridized carbons (Fsp3) is 0. The van der Waals surface area contributed by atoms with Crippen molar-refractivity contribution in [2.75, 3.05) is 4.72 Å². The molecule has 0 aromatic carbocycles. The first-order valence-corrected chi connectivity index (χ1v) is 7.03. The van der Waals surface area contributed by atoms with Crippen LogP contribution in [0.4, 0.5) is 5.82 Å². The van der Waals surface area contributed by atoms with Crippen LogP contribution in [0.25, 0.3) is 0 Å². The summed E-state index contributed by atoms with van der Waals surface area (Å²) in [5, 5.41) is 6.95. The summed E-state index contributed by atoms with van der Waals surface area (Å²) in [7, 11) is -3.92. The van der Waals surface area contributed by atoms with Crippen molar-refractivity contribution in [2.24, 2.45) is 0 Å². The summed E-state index contributed by atoms with van der Waals surface area (Å²) >= 11 is 11.1. The minimum atomic E-state index is -3.92. The second-order valence-electron chi connectivity index (χ2n) is 3.36. The van der Waals surface area contributed by atoms with Gasteiger partial charge in [0, 0.05) is 6.20 Å². The molecule has 0 radical (unpaired) electrons. The molecule has 2 N–H and O–H groups in total. The lowest BCUT2D eigenvalue weighted by atomic mass is 10.5. The maximum absolute atomic E-state index is 12.0. The molecule has 0 fully saturated rings. The molecule has 100 valence electrons. The van der Waals surface area contributed by atoms with Crippen molar-refractivity contribution in [3.63, 3.8) is 0 Å². The molecule has 0 unspecified atom stereocenters. The molecule has 2 aromatic heterocycles. The molecule has 2 heterocycles. The van der Waals surface area contributed by atoms with Crippen molar-refractivity contribution in [1.29, 1.82) is 0 Å². The van der Waals surface area contributed by atoms with Crippen molar-refractivity contribution in [2.45, 2.75) is 4.90 Å². The topological polar surface area (TPSA) is 105 Å². The van der Waals surface area contributed by atoms with E-state index in [2.05, 4.69) is 19.9 Å². The Morgan fingerprint density at radius 1 is 1.21 bits per heavy atom. The van der Waals surface area contributed by atoms with Crippen LogP contribution in [0.1, 0.15) is 0 Å². The van der Waals surface area contributed by atoms with E-state index in [4.69, 9.17) is 23.2 Å². The van der Waals surface area contributed by atoms with Gasteiger partial charge in [-0.25, -0.2) is 8.42 Å². The number of nitrogens with one attached hydrogen (secondary N) is 2. The highest BCUT2D eigenvalue weighted by molar-refractivity contribution is 7.92. The van der Waals surface area contributed by atoms with Crippen LogP contribution in [0.15, 0.2) is 34.1 Å². The van der Waals surface area contributed by atoms with E-state index in [1.807, 2.05) is 0 Å². The number of sulfonamides is 1. The Kier molecular flexibility index (Phi) is 3.74. The van der Waals surface area contributed by atoms with E-state index < -0.39 is 15.6 Å². The Balaban J connectivity index is 2.34. The van der Waals surface area contributed by atoms with Crippen LogP contribution in [-0.4, -0.2) is 23.6 Å². The van der Waals surface area contributed by atoms with Gasteiger partial charge in [-0.2, -0.15) is 0 Å². The zero-order valence-electron chi connectivity index (χ0n) is 9.09. The second kappa shape index (κ2) is 5.16. The third-order valence-electron chi connectivity index (χ3n) is 2.01. The summed E-state index contributed by atoms with van der Waals surface area (Å²) in [6.07, 6.45) is 1.03. The number of anilines is 1. The van der Waals surface area contributed by atoms with Crippen LogP contribution in [0, 0.1) is 0 Å². The van der Waals surface area contributed by atoms with Gasteiger partial charge in [-0.1, -0.05) is 23.2 Å². The Hall–Kier alpha value is -1.64. The zero-order valence-corrected chi connectivity index (χ0v) is 11.4. The minimum absolute atomic E-state index is 0.00766. The Morgan fingerprint density at radius 3 is 2.53 bits per heavy atom. The number of hydrogen-bond donors (Lipinski definition) is 2. The number of H-pyrrole nitrogens is 1. The average Bonchev–Trinajstić information content (AvgIpc) is 2.35. The molecular weight excluding hydrogens is 315 g/mol. The molecule has 0 amide bonds. The summed E-state index contributed by atoms with van der Waals surface area (Å²) in [5.41, 5.74) is -0.577. The number of pyridine rings is 1. The molecule has 2 aromatic rings. The minimum Gasteiger partial charge on any atom is -0.326 e. The molecule has 0 saturated heterocycles. The van der Waals surface area contributed by atoms with Crippen LogP contribution in [0.2, 0.25) is 10.2 Å². The molecule has 2 rings (SSSR count). The monoisotopic (exact) mass is 320 g/mol. The van der Waals surface area contributed by atoms with Crippen LogP contribution in [-0.2, 0) is 10.0 Å². The molecule has 0 aliphatic heterocycles. The number of aromatic amines is 1. The molecule has 0 aliphatic rings. The number of hydrogen-bond acceptors (Lipinski definition) is 5. The fourth-order valence-electron chi connectivity index (χ4n) is 1.16. The van der Waals surface area contributed by atoms with Gasteiger partial charge in [-0.15, -0.1) is 10.2 Å². The quantitative estimate of drug-likeness (QED) is 0.886. The third kappa shape index (κ3) is 3.22. The maximum Gasteiger partial charge on any atom is 0.266 e. The molecule has 0 saturated carbocycles. The summed E-state index contributed by atoms with van der Waals surface area (Å²) in [6, 6.07) is 3.76. The van der Waals surface area contributed by atoms with Crippen molar-refractivity contribution in [1.82, 2.24) is 15.2 Å². The fourth-order valence-corrected chi connectivity index (χ4v) is 2.49. The lowest BCUT2D eigenvalue weighted by molar-refractivity contribution is 0.600. The number of aromatic nitrogens is 3. The molecule has 0 atom stereocenters. The van der Waals surface area contributed by atoms with Crippen molar-refractivity contribution in [3.8, 4) is 0 Å². The van der Waals surface area contributed by atoms with Crippen LogP contribution < -0.4 is 10.3 Å². The van der Waals surface area contributed by atoms with Gasteiger partial charge in [-0.05, 0) is 18.2 Å². The summed E-state index contributed by atoms with van der Waals surface area (Å²) in [6.45, 7) is 0. The van der Waals surface area contributed by atoms with Crippen molar-refractivity contribution in [3.05, 3.63) is 44.9 Å². The van der Waals surface area contributed by atoms with Gasteiger partial charge in [0.1, 0.15) is 9.92 Å². The van der Waals surface area contributed by atoms with Crippen LogP contribution in [0.3, 0.4) is 0 Å². The molecule has 0 bridgehead atoms. The Labute approximate surface area is 117 Å². The summed E-state index contributed by atoms with van der Waals surface area (Å²) in [4.78, 5) is 13.1. The number of halogens is 2. The van der Waals surface area contributed by atoms with Crippen LogP contribution >= 0.6 is 23.2 Å². The molecule has 0 spiro atoms. The van der Waals surface area contributed by atoms with Crippen LogP contribution in [0.5, 0.6) is 0 Å². The molecule has 19 heavy (non-hydrogen) atoms. The Bertz CT molecular complexity index is 758. The van der Waals surface area contributed by atoms with E-state index in [9.17, 15) is 13.2 Å². The van der Waals surface area contributed by atoms with Gasteiger partial charge in [0.05, 0.1) is 0 Å². The lowest BCUT2D eigenvalue weighted by Gasteiger charge is -2.06. The average molecular weight is 321 g/mol. The zero-order chi connectivity index (χ0) is 14.0. The van der Waals surface area contributed by atoms with Gasteiger partial charge in [0.15, 0.2) is 11.0 Å². The molecule has 10 heteroatoms. The van der Waals surface area contributed by atoms with Gasteiger partial charge in [0.2, 0.25) is 0 Å². The largest absolute Gasteiger partial charge is 0.326 e. The van der Waals surface area contributed by atoms with Gasteiger partial charge >= 0.3 is 0 Å². The summed E-state index contributed by atoms with van der Waals surface area (Å²) in [5.74, 6) is -0.00766. The second-order valence-corrected chi connectivity index (χ2v) is 5.84. The van der Waals surface area contributed by atoms with E-state index in [-0.39, 0.29) is 20.9 Å². The number of rotatable bonds is 3. The SMILES string of the molecule is O=c1[nH]cc(S(=O)(=O)Nc2ccc(Cl)nn2)cc1Cl. The van der Waals surface area contributed by atoms with E-state index >= 15 is 0 Å². The first kappa shape index (κ1) is 13.8. The van der Waals surface area contributed by atoms with Gasteiger partial charge < -0.3 is 4.98 Å². The lowest BCUT2D eigenvalue weighted by Crippen LogP contribution is -2.16. The smallest absolute Gasteiger partial charge is 0.266 e.